The van der Waals surface area contributed by atoms with Crippen molar-refractivity contribution in [1.29, 1.82) is 0 Å². The van der Waals surface area contributed by atoms with Gasteiger partial charge < -0.3 is 0 Å². The summed E-state index contributed by atoms with van der Waals surface area (Å²) < 4.78 is 25.9. The first kappa shape index (κ1) is 13.4. The number of Topliss-reactive ketones (excluding diaryl/α,β-unsaturated/α-hetero) is 1. The topological polar surface area (TPSA) is 17.1 Å². The average molecular weight is 260 g/mol. The minimum atomic E-state index is -0.579. The molecule has 2 aromatic rings. The van der Waals surface area contributed by atoms with Gasteiger partial charge in [-0.25, -0.2) is 8.78 Å². The summed E-state index contributed by atoms with van der Waals surface area (Å²) in [7, 11) is 0. The number of halogens is 2. The van der Waals surface area contributed by atoms with E-state index in [2.05, 4.69) is 0 Å². The second-order valence-corrected chi connectivity index (χ2v) is 4.42. The maximum Gasteiger partial charge on any atom is 0.162 e. The van der Waals surface area contributed by atoms with Gasteiger partial charge in [0.1, 0.15) is 11.6 Å². The van der Waals surface area contributed by atoms with Crippen molar-refractivity contribution in [2.24, 2.45) is 0 Å². The molecule has 0 amide bonds. The lowest BCUT2D eigenvalue weighted by Gasteiger charge is -2.03. The highest BCUT2D eigenvalue weighted by Gasteiger charge is 2.06. The molecule has 0 fully saturated rings. The normalized spacial score (nSPS) is 10.4. The predicted molar refractivity (Wildman–Crippen MR) is 70.1 cm³/mol. The third-order valence-electron chi connectivity index (χ3n) is 2.89. The molecule has 0 N–H and O–H groups in total. The summed E-state index contributed by atoms with van der Waals surface area (Å²) in [5.41, 5.74) is 1.26. The minimum absolute atomic E-state index is 0.0532. The zero-order chi connectivity index (χ0) is 13.7. The van der Waals surface area contributed by atoms with Crippen molar-refractivity contribution in [2.45, 2.75) is 19.3 Å². The lowest BCUT2D eigenvalue weighted by atomic mass is 10.0. The number of ketones is 1. The summed E-state index contributed by atoms with van der Waals surface area (Å²) in [4.78, 5) is 11.8. The van der Waals surface area contributed by atoms with Gasteiger partial charge in [0.2, 0.25) is 0 Å². The van der Waals surface area contributed by atoms with Gasteiger partial charge in [-0.05, 0) is 30.5 Å². The van der Waals surface area contributed by atoms with Gasteiger partial charge in [0.25, 0.3) is 0 Å². The Morgan fingerprint density at radius 3 is 2.21 bits per heavy atom. The van der Waals surface area contributed by atoms with Crippen LogP contribution in [0.4, 0.5) is 8.78 Å². The van der Waals surface area contributed by atoms with Crippen molar-refractivity contribution in [3.8, 4) is 0 Å². The molecule has 0 aliphatic rings. The summed E-state index contributed by atoms with van der Waals surface area (Å²) in [5.74, 6) is -1.11. The van der Waals surface area contributed by atoms with E-state index in [0.717, 1.165) is 6.07 Å². The number of hydrogen-bond donors (Lipinski definition) is 0. The highest BCUT2D eigenvalue weighted by molar-refractivity contribution is 5.95. The molecule has 19 heavy (non-hydrogen) atoms. The van der Waals surface area contributed by atoms with Gasteiger partial charge in [-0.1, -0.05) is 30.3 Å². The van der Waals surface area contributed by atoms with Crippen LogP contribution in [-0.4, -0.2) is 5.78 Å². The smallest absolute Gasteiger partial charge is 0.162 e. The molecule has 0 aliphatic heterocycles. The second-order valence-electron chi connectivity index (χ2n) is 4.42. The van der Waals surface area contributed by atoms with Crippen LogP contribution in [0.5, 0.6) is 0 Å². The molecule has 0 atom stereocenters. The van der Waals surface area contributed by atoms with E-state index in [9.17, 15) is 13.6 Å². The van der Waals surface area contributed by atoms with Crippen LogP contribution in [-0.2, 0) is 6.42 Å². The molecule has 2 rings (SSSR count). The fourth-order valence-electron chi connectivity index (χ4n) is 1.98. The van der Waals surface area contributed by atoms with Crippen LogP contribution in [0.2, 0.25) is 0 Å². The van der Waals surface area contributed by atoms with Crippen LogP contribution in [0.15, 0.2) is 48.5 Å². The van der Waals surface area contributed by atoms with Crippen molar-refractivity contribution in [3.63, 3.8) is 0 Å². The van der Waals surface area contributed by atoms with E-state index in [-0.39, 0.29) is 5.78 Å². The molecule has 0 spiro atoms. The molecule has 0 unspecified atom stereocenters. The van der Waals surface area contributed by atoms with Crippen molar-refractivity contribution < 1.29 is 13.6 Å². The summed E-state index contributed by atoms with van der Waals surface area (Å²) in [6, 6.07) is 12.5. The van der Waals surface area contributed by atoms with Crippen LogP contribution in [0.1, 0.15) is 28.8 Å². The molecule has 98 valence electrons. The van der Waals surface area contributed by atoms with E-state index in [0.29, 0.717) is 30.4 Å². The first-order valence-corrected chi connectivity index (χ1v) is 6.18. The third kappa shape index (κ3) is 3.98. The monoisotopic (exact) mass is 260 g/mol. The zero-order valence-electron chi connectivity index (χ0n) is 10.4. The van der Waals surface area contributed by atoms with Gasteiger partial charge in [0.05, 0.1) is 0 Å². The Morgan fingerprint density at radius 1 is 0.947 bits per heavy atom. The Balaban J connectivity index is 1.88. The summed E-state index contributed by atoms with van der Waals surface area (Å²) in [5, 5.41) is 0. The molecule has 0 aromatic heterocycles. The van der Waals surface area contributed by atoms with E-state index < -0.39 is 11.6 Å². The van der Waals surface area contributed by atoms with Gasteiger partial charge in [-0.15, -0.1) is 0 Å². The number of benzene rings is 2. The van der Waals surface area contributed by atoms with Gasteiger partial charge in [0, 0.05) is 18.1 Å². The van der Waals surface area contributed by atoms with Crippen LogP contribution >= 0.6 is 0 Å². The minimum Gasteiger partial charge on any atom is -0.294 e. The Morgan fingerprint density at radius 2 is 1.58 bits per heavy atom. The molecule has 0 heterocycles. The van der Waals surface area contributed by atoms with Crippen LogP contribution in [0.25, 0.3) is 0 Å². The number of rotatable bonds is 5. The quantitative estimate of drug-likeness (QED) is 0.737. The molecular formula is C16H14F2O. The molecule has 0 bridgehead atoms. The van der Waals surface area contributed by atoms with Gasteiger partial charge in [0.15, 0.2) is 5.78 Å². The second kappa shape index (κ2) is 6.23. The number of aryl methyl sites for hydroxylation is 1. The van der Waals surface area contributed by atoms with Gasteiger partial charge in [-0.3, -0.25) is 4.79 Å². The van der Waals surface area contributed by atoms with Crippen LogP contribution < -0.4 is 0 Å². The molecule has 0 saturated heterocycles. The molecule has 0 saturated carbocycles. The van der Waals surface area contributed by atoms with E-state index in [1.54, 1.807) is 12.1 Å². The standard InChI is InChI=1S/C16H14F2O/c17-14-9-12(10-15(18)11-14)5-4-8-16(19)13-6-2-1-3-7-13/h1-3,6-7,9-11H,4-5,8H2. The van der Waals surface area contributed by atoms with Gasteiger partial charge in [-0.2, -0.15) is 0 Å². The van der Waals surface area contributed by atoms with Crippen molar-refractivity contribution in [1.82, 2.24) is 0 Å². The number of hydrogen-bond acceptors (Lipinski definition) is 1. The fourth-order valence-corrected chi connectivity index (χ4v) is 1.98. The molecular weight excluding hydrogens is 246 g/mol. The molecule has 0 aliphatic carbocycles. The summed E-state index contributed by atoms with van der Waals surface area (Å²) in [6.45, 7) is 0. The molecule has 1 nitrogen and oxygen atoms in total. The van der Waals surface area contributed by atoms with Crippen molar-refractivity contribution in [2.75, 3.05) is 0 Å². The first-order valence-electron chi connectivity index (χ1n) is 6.18. The largest absolute Gasteiger partial charge is 0.294 e. The van der Waals surface area contributed by atoms with Crippen molar-refractivity contribution >= 4 is 5.78 Å². The Kier molecular flexibility index (Phi) is 4.39. The lowest BCUT2D eigenvalue weighted by Crippen LogP contribution is -2.00. The SMILES string of the molecule is O=C(CCCc1cc(F)cc(F)c1)c1ccccc1. The lowest BCUT2D eigenvalue weighted by molar-refractivity contribution is 0.0980. The number of carbonyl (C=O) groups excluding carboxylic acids is 1. The fraction of sp³-hybridized carbons (Fsp3) is 0.188. The summed E-state index contributed by atoms with van der Waals surface area (Å²) >= 11 is 0. The predicted octanol–water partition coefficient (Wildman–Crippen LogP) is 4.17. The third-order valence-corrected chi connectivity index (χ3v) is 2.89. The molecule has 3 heteroatoms. The van der Waals surface area contributed by atoms with E-state index in [1.807, 2.05) is 18.2 Å². The van der Waals surface area contributed by atoms with E-state index in [4.69, 9.17) is 0 Å². The summed E-state index contributed by atoms with van der Waals surface area (Å²) in [6.07, 6.45) is 1.45. The van der Waals surface area contributed by atoms with E-state index in [1.165, 1.54) is 12.1 Å². The Bertz CT molecular complexity index is 544. The van der Waals surface area contributed by atoms with E-state index >= 15 is 0 Å². The van der Waals surface area contributed by atoms with Crippen LogP contribution in [0, 0.1) is 11.6 Å². The van der Waals surface area contributed by atoms with Crippen molar-refractivity contribution in [3.05, 3.63) is 71.3 Å². The first-order chi connectivity index (χ1) is 9.15. The highest BCUT2D eigenvalue weighted by Crippen LogP contribution is 2.12. The molecule has 0 radical (unpaired) electrons. The maximum atomic E-state index is 13.0. The highest BCUT2D eigenvalue weighted by atomic mass is 19.1. The zero-order valence-corrected chi connectivity index (χ0v) is 10.4. The average Bonchev–Trinajstić information content (AvgIpc) is 2.38. The number of carbonyl (C=O) groups is 1. The van der Waals surface area contributed by atoms with Crippen LogP contribution in [0.3, 0.4) is 0 Å². The Labute approximate surface area is 110 Å². The maximum absolute atomic E-state index is 13.0. The Hall–Kier alpha value is -2.03. The molecule has 2 aromatic carbocycles. The van der Waals surface area contributed by atoms with Gasteiger partial charge >= 0.3 is 0 Å².